The van der Waals surface area contributed by atoms with Crippen LogP contribution in [0.5, 0.6) is 0 Å². The third-order valence-electron chi connectivity index (χ3n) is 1.19. The molecule has 1 heterocycles. The molecule has 1 aliphatic heterocycles. The first-order valence-electron chi connectivity index (χ1n) is 3.21. The highest BCUT2D eigenvalue weighted by molar-refractivity contribution is 4.62. The summed E-state index contributed by atoms with van der Waals surface area (Å²) < 4.78 is 7.25. The Morgan fingerprint density at radius 3 is 3.00 bits per heavy atom. The summed E-state index contributed by atoms with van der Waals surface area (Å²) in [4.78, 5) is 2.16. The van der Waals surface area contributed by atoms with Crippen LogP contribution in [0.3, 0.4) is 0 Å². The summed E-state index contributed by atoms with van der Waals surface area (Å²) in [6.07, 6.45) is 0. The van der Waals surface area contributed by atoms with Gasteiger partial charge >= 0.3 is 0 Å². The summed E-state index contributed by atoms with van der Waals surface area (Å²) in [5.41, 5.74) is 0. The van der Waals surface area contributed by atoms with E-state index in [4.69, 9.17) is 1.37 Å². The maximum absolute atomic E-state index is 7.25. The fourth-order valence-corrected chi connectivity index (χ4v) is 0.669. The van der Waals surface area contributed by atoms with Crippen LogP contribution < -0.4 is 5.32 Å². The van der Waals surface area contributed by atoms with Crippen molar-refractivity contribution in [2.24, 2.45) is 0 Å². The monoisotopic (exact) mass is 101 g/mol. The Morgan fingerprint density at radius 2 is 2.57 bits per heavy atom. The van der Waals surface area contributed by atoms with E-state index in [1.807, 2.05) is 7.05 Å². The van der Waals surface area contributed by atoms with Gasteiger partial charge in [0.25, 0.3) is 0 Å². The Morgan fingerprint density at radius 1 is 1.71 bits per heavy atom. The molecule has 1 unspecified atom stereocenters. The smallest absolute Gasteiger partial charge is 0.0441 e. The fourth-order valence-electron chi connectivity index (χ4n) is 0.669. The van der Waals surface area contributed by atoms with Gasteiger partial charge in [0.1, 0.15) is 0 Å². The minimum atomic E-state index is -0.0613. The SMILES string of the molecule is [2H]C1CN(C)CCN1. The van der Waals surface area contributed by atoms with E-state index in [1.165, 1.54) is 0 Å². The second-order valence-electron chi connectivity index (χ2n) is 1.92. The first kappa shape index (κ1) is 3.87. The van der Waals surface area contributed by atoms with Crippen LogP contribution in [0.4, 0.5) is 0 Å². The molecule has 0 aromatic carbocycles. The molecule has 0 aliphatic carbocycles. The van der Waals surface area contributed by atoms with Crippen molar-refractivity contribution < 1.29 is 1.37 Å². The minimum Gasteiger partial charge on any atom is -0.314 e. The first-order valence-corrected chi connectivity index (χ1v) is 2.63. The molecule has 1 saturated heterocycles. The van der Waals surface area contributed by atoms with Gasteiger partial charge in [0.15, 0.2) is 0 Å². The lowest BCUT2D eigenvalue weighted by Crippen LogP contribution is -2.40. The van der Waals surface area contributed by atoms with Crippen LogP contribution in [0.2, 0.25) is 0 Å². The van der Waals surface area contributed by atoms with Crippen molar-refractivity contribution in [1.29, 1.82) is 0 Å². The molecule has 1 aliphatic rings. The van der Waals surface area contributed by atoms with E-state index in [0.29, 0.717) is 0 Å². The quantitative estimate of drug-likeness (QED) is 0.443. The van der Waals surface area contributed by atoms with Crippen LogP contribution in [0.15, 0.2) is 0 Å². The molecule has 7 heavy (non-hydrogen) atoms. The molecular weight excluding hydrogens is 88.1 g/mol. The summed E-state index contributed by atoms with van der Waals surface area (Å²) in [6.45, 7) is 2.84. The van der Waals surface area contributed by atoms with Crippen molar-refractivity contribution >= 4 is 0 Å². The molecule has 1 rings (SSSR count). The van der Waals surface area contributed by atoms with Crippen LogP contribution in [0.1, 0.15) is 1.37 Å². The lowest BCUT2D eigenvalue weighted by atomic mass is 10.4. The second kappa shape index (κ2) is 2.28. The highest BCUT2D eigenvalue weighted by Gasteiger charge is 2.01. The predicted molar refractivity (Wildman–Crippen MR) is 30.4 cm³/mol. The Hall–Kier alpha value is -0.0800. The lowest BCUT2D eigenvalue weighted by Gasteiger charge is -2.21. The Balaban J connectivity index is 2.23. The fraction of sp³-hybridized carbons (Fsp3) is 1.00. The number of hydrogen-bond acceptors (Lipinski definition) is 2. The molecule has 0 bridgehead atoms. The summed E-state index contributed by atoms with van der Waals surface area (Å²) in [7, 11) is 2.04. The zero-order valence-electron chi connectivity index (χ0n) is 5.65. The average molecular weight is 101 g/mol. The predicted octanol–water partition coefficient (Wildman–Crippen LogP) is -0.479. The van der Waals surface area contributed by atoms with Gasteiger partial charge in [-0.15, -0.1) is 0 Å². The van der Waals surface area contributed by atoms with Gasteiger partial charge in [0.05, 0.1) is 0 Å². The van der Waals surface area contributed by atoms with Gasteiger partial charge in [0.2, 0.25) is 0 Å². The number of nitrogens with one attached hydrogen (secondary N) is 1. The molecule has 1 atom stereocenters. The first-order chi connectivity index (χ1) is 3.79. The largest absolute Gasteiger partial charge is 0.314 e. The molecule has 2 nitrogen and oxygen atoms in total. The van der Waals surface area contributed by atoms with Crippen molar-refractivity contribution in [2.45, 2.75) is 0 Å². The van der Waals surface area contributed by atoms with E-state index in [2.05, 4.69) is 10.2 Å². The Bertz CT molecular complexity index is 68.8. The summed E-state index contributed by atoms with van der Waals surface area (Å²) in [5, 5.41) is 3.04. The standard InChI is InChI=1S/C5H12N2/c1-7-4-2-6-3-5-7/h6H,2-5H2,1H3/i2D. The van der Waals surface area contributed by atoms with Crippen LogP contribution in [-0.4, -0.2) is 38.1 Å². The zero-order valence-corrected chi connectivity index (χ0v) is 4.65. The van der Waals surface area contributed by atoms with Gasteiger partial charge in [-0.05, 0) is 7.05 Å². The van der Waals surface area contributed by atoms with Gasteiger partial charge < -0.3 is 10.2 Å². The second-order valence-corrected chi connectivity index (χ2v) is 1.92. The van der Waals surface area contributed by atoms with E-state index in [9.17, 15) is 0 Å². The van der Waals surface area contributed by atoms with Crippen LogP contribution in [0.25, 0.3) is 0 Å². The number of rotatable bonds is 0. The van der Waals surface area contributed by atoms with E-state index in [-0.39, 0.29) is 6.52 Å². The molecule has 0 amide bonds. The summed E-state index contributed by atoms with van der Waals surface area (Å²) >= 11 is 0. The van der Waals surface area contributed by atoms with E-state index >= 15 is 0 Å². The van der Waals surface area contributed by atoms with Crippen LogP contribution >= 0.6 is 0 Å². The van der Waals surface area contributed by atoms with Crippen LogP contribution in [0, 0.1) is 0 Å². The molecule has 0 radical (unpaired) electrons. The normalized spacial score (nSPS) is 37.9. The Kier molecular flexibility index (Phi) is 1.26. The topological polar surface area (TPSA) is 15.3 Å². The van der Waals surface area contributed by atoms with Crippen molar-refractivity contribution in [3.05, 3.63) is 0 Å². The molecule has 1 fully saturated rings. The number of hydrogen-bond donors (Lipinski definition) is 1. The van der Waals surface area contributed by atoms with Gasteiger partial charge in [-0.3, -0.25) is 0 Å². The molecule has 0 aromatic rings. The summed E-state index contributed by atoms with van der Waals surface area (Å²) in [6, 6.07) is 0. The highest BCUT2D eigenvalue weighted by atomic mass is 15.2. The van der Waals surface area contributed by atoms with Gasteiger partial charge in [-0.25, -0.2) is 0 Å². The maximum Gasteiger partial charge on any atom is 0.0441 e. The van der Waals surface area contributed by atoms with Gasteiger partial charge in [0, 0.05) is 27.5 Å². The maximum atomic E-state index is 7.25. The molecule has 2 heteroatoms. The van der Waals surface area contributed by atoms with Crippen LogP contribution in [-0.2, 0) is 0 Å². The number of piperazine rings is 1. The van der Waals surface area contributed by atoms with E-state index in [0.717, 1.165) is 19.6 Å². The van der Waals surface area contributed by atoms with E-state index < -0.39 is 0 Å². The molecule has 42 valence electrons. The average Bonchev–Trinajstić information content (AvgIpc) is 1.64. The molecule has 1 N–H and O–H groups in total. The van der Waals surface area contributed by atoms with Crippen molar-refractivity contribution in [2.75, 3.05) is 33.2 Å². The van der Waals surface area contributed by atoms with Gasteiger partial charge in [-0.1, -0.05) is 0 Å². The van der Waals surface area contributed by atoms with Crippen molar-refractivity contribution in [3.63, 3.8) is 0 Å². The van der Waals surface area contributed by atoms with Crippen molar-refractivity contribution in [3.8, 4) is 0 Å². The third-order valence-corrected chi connectivity index (χ3v) is 1.19. The molecule has 0 aromatic heterocycles. The lowest BCUT2D eigenvalue weighted by molar-refractivity contribution is 0.291. The number of nitrogens with zero attached hydrogens (tertiary/aromatic N) is 1. The van der Waals surface area contributed by atoms with Crippen molar-refractivity contribution in [1.82, 2.24) is 10.2 Å². The molecule has 0 spiro atoms. The molecular formula is C5H12N2. The highest BCUT2D eigenvalue weighted by Crippen LogP contribution is 1.82. The zero-order chi connectivity index (χ0) is 5.98. The summed E-state index contributed by atoms with van der Waals surface area (Å²) in [5.74, 6) is 0. The third kappa shape index (κ3) is 1.45. The minimum absolute atomic E-state index is 0.0613. The molecule has 0 saturated carbocycles. The Labute approximate surface area is 45.9 Å². The van der Waals surface area contributed by atoms with E-state index in [1.54, 1.807) is 0 Å². The van der Waals surface area contributed by atoms with Gasteiger partial charge in [-0.2, -0.15) is 0 Å². The number of likely N-dealkylation sites (N-methyl/N-ethyl adjacent to an activating group) is 1.